The number of halogens is 1. The van der Waals surface area contributed by atoms with Crippen LogP contribution in [-0.4, -0.2) is 18.9 Å². The first-order valence-electron chi connectivity index (χ1n) is 8.33. The predicted molar refractivity (Wildman–Crippen MR) is 105 cm³/mol. The van der Waals surface area contributed by atoms with Crippen LogP contribution in [0.5, 0.6) is 5.75 Å². The smallest absolute Gasteiger partial charge is 0.232 e. The van der Waals surface area contributed by atoms with Crippen molar-refractivity contribution in [3.05, 3.63) is 53.1 Å². The van der Waals surface area contributed by atoms with Crippen LogP contribution in [0.3, 0.4) is 0 Å². The zero-order valence-corrected chi connectivity index (χ0v) is 16.1. The Morgan fingerprint density at radius 3 is 2.23 bits per heavy atom. The molecule has 2 aromatic rings. The lowest BCUT2D eigenvalue weighted by molar-refractivity contribution is -0.118. The van der Waals surface area contributed by atoms with Gasteiger partial charge in [-0.25, -0.2) is 0 Å². The van der Waals surface area contributed by atoms with E-state index >= 15 is 0 Å². The molecule has 0 radical (unpaired) electrons. The number of carbonyl (C=O) groups excluding carboxylic acids is 2. The summed E-state index contributed by atoms with van der Waals surface area (Å²) < 4.78 is 5.32. The molecule has 0 spiro atoms. The third-order valence-electron chi connectivity index (χ3n) is 3.96. The van der Waals surface area contributed by atoms with Crippen molar-refractivity contribution in [2.75, 3.05) is 17.7 Å². The Kier molecular flexibility index (Phi) is 6.64. The van der Waals surface area contributed by atoms with Crippen LogP contribution in [-0.2, 0) is 9.59 Å². The van der Waals surface area contributed by atoms with Crippen molar-refractivity contribution in [3.63, 3.8) is 0 Å². The maximum atomic E-state index is 13.0. The average Bonchev–Trinajstić information content (AvgIpc) is 2.56. The number of hydrogen-bond donors (Lipinski definition) is 2. The van der Waals surface area contributed by atoms with Gasteiger partial charge in [-0.1, -0.05) is 37.6 Å². The van der Waals surface area contributed by atoms with Gasteiger partial charge in [-0.05, 0) is 41.8 Å². The molecule has 1 atom stereocenters. The van der Waals surface area contributed by atoms with E-state index in [9.17, 15) is 9.59 Å². The van der Waals surface area contributed by atoms with E-state index in [0.29, 0.717) is 22.1 Å². The zero-order valence-electron chi connectivity index (χ0n) is 15.3. The molecule has 0 unspecified atom stereocenters. The highest BCUT2D eigenvalue weighted by atomic mass is 35.5. The molecule has 2 N–H and O–H groups in total. The molecule has 0 aliphatic heterocycles. The molecule has 0 aromatic heterocycles. The summed E-state index contributed by atoms with van der Waals surface area (Å²) in [4.78, 5) is 24.2. The second kappa shape index (κ2) is 8.72. The number of anilines is 2. The fraction of sp³-hybridized carbons (Fsp3) is 0.300. The van der Waals surface area contributed by atoms with Crippen LogP contribution in [0, 0.1) is 5.92 Å². The van der Waals surface area contributed by atoms with E-state index in [1.807, 2.05) is 26.0 Å². The Morgan fingerprint density at radius 1 is 1.04 bits per heavy atom. The molecular formula is C20H23ClN2O3. The minimum atomic E-state index is -0.346. The molecule has 0 saturated heterocycles. The third-order valence-corrected chi connectivity index (χ3v) is 4.21. The van der Waals surface area contributed by atoms with E-state index in [1.165, 1.54) is 14.0 Å². The molecular weight excluding hydrogens is 352 g/mol. The summed E-state index contributed by atoms with van der Waals surface area (Å²) in [5, 5.41) is 6.25. The van der Waals surface area contributed by atoms with Crippen LogP contribution in [0.2, 0.25) is 5.02 Å². The first kappa shape index (κ1) is 19.8. The second-order valence-electron chi connectivity index (χ2n) is 6.36. The van der Waals surface area contributed by atoms with E-state index in [2.05, 4.69) is 10.6 Å². The number of amides is 2. The van der Waals surface area contributed by atoms with E-state index in [0.717, 1.165) is 5.56 Å². The van der Waals surface area contributed by atoms with Gasteiger partial charge < -0.3 is 15.4 Å². The highest BCUT2D eigenvalue weighted by molar-refractivity contribution is 6.30. The maximum Gasteiger partial charge on any atom is 0.232 e. The Labute approximate surface area is 158 Å². The van der Waals surface area contributed by atoms with Gasteiger partial charge in [0.05, 0.1) is 18.7 Å². The van der Waals surface area contributed by atoms with E-state index in [-0.39, 0.29) is 23.7 Å². The van der Waals surface area contributed by atoms with Gasteiger partial charge in [-0.2, -0.15) is 0 Å². The van der Waals surface area contributed by atoms with Crippen molar-refractivity contribution in [3.8, 4) is 5.75 Å². The van der Waals surface area contributed by atoms with Crippen LogP contribution in [0.1, 0.15) is 32.3 Å². The summed E-state index contributed by atoms with van der Waals surface area (Å²) in [6.45, 7) is 5.41. The monoisotopic (exact) mass is 374 g/mol. The predicted octanol–water partition coefficient (Wildman–Crippen LogP) is 4.69. The van der Waals surface area contributed by atoms with Gasteiger partial charge >= 0.3 is 0 Å². The van der Waals surface area contributed by atoms with Gasteiger partial charge in [0, 0.05) is 17.6 Å². The fourth-order valence-electron chi connectivity index (χ4n) is 2.81. The van der Waals surface area contributed by atoms with Crippen LogP contribution in [0.25, 0.3) is 0 Å². The Hall–Kier alpha value is -2.53. The van der Waals surface area contributed by atoms with Crippen LogP contribution in [0.4, 0.5) is 11.4 Å². The average molecular weight is 375 g/mol. The zero-order chi connectivity index (χ0) is 19.3. The molecule has 6 heteroatoms. The number of rotatable bonds is 6. The van der Waals surface area contributed by atoms with Crippen molar-refractivity contribution in [1.82, 2.24) is 0 Å². The molecule has 26 heavy (non-hydrogen) atoms. The summed E-state index contributed by atoms with van der Waals surface area (Å²) in [6.07, 6.45) is 0. The van der Waals surface area contributed by atoms with E-state index in [4.69, 9.17) is 16.3 Å². The van der Waals surface area contributed by atoms with Gasteiger partial charge in [0.15, 0.2) is 0 Å². The van der Waals surface area contributed by atoms with Gasteiger partial charge in [0.1, 0.15) is 5.75 Å². The molecule has 0 fully saturated rings. The second-order valence-corrected chi connectivity index (χ2v) is 6.80. The number of nitrogens with one attached hydrogen (secondary N) is 2. The normalized spacial score (nSPS) is 11.8. The van der Waals surface area contributed by atoms with Crippen molar-refractivity contribution >= 4 is 34.8 Å². The molecule has 0 aliphatic carbocycles. The first-order chi connectivity index (χ1) is 12.3. The number of carbonyl (C=O) groups is 2. The standard InChI is InChI=1S/C20H23ClN2O3/c1-12(2)19(14-5-7-15(21)8-6-14)20(25)23-17-11-16(22-13(3)24)9-10-18(17)26-4/h5-12,19H,1-4H3,(H,22,24)(H,23,25)/t19-/m1/s1. The van der Waals surface area contributed by atoms with Crippen LogP contribution in [0.15, 0.2) is 42.5 Å². The molecule has 2 aromatic carbocycles. The van der Waals surface area contributed by atoms with Crippen molar-refractivity contribution in [1.29, 1.82) is 0 Å². The summed E-state index contributed by atoms with van der Waals surface area (Å²) in [7, 11) is 1.53. The highest BCUT2D eigenvalue weighted by Gasteiger charge is 2.25. The molecule has 0 saturated carbocycles. The number of hydrogen-bond acceptors (Lipinski definition) is 3. The summed E-state index contributed by atoms with van der Waals surface area (Å²) in [5.74, 6) is -0.0811. The summed E-state index contributed by atoms with van der Waals surface area (Å²) in [5.41, 5.74) is 1.98. The molecule has 5 nitrogen and oxygen atoms in total. The maximum absolute atomic E-state index is 13.0. The van der Waals surface area contributed by atoms with Gasteiger partial charge in [0.25, 0.3) is 0 Å². The lowest BCUT2D eigenvalue weighted by Crippen LogP contribution is -2.25. The topological polar surface area (TPSA) is 67.4 Å². The van der Waals surface area contributed by atoms with Crippen molar-refractivity contribution in [2.24, 2.45) is 5.92 Å². The molecule has 0 heterocycles. The van der Waals surface area contributed by atoms with Gasteiger partial charge in [-0.3, -0.25) is 9.59 Å². The lowest BCUT2D eigenvalue weighted by atomic mass is 9.87. The SMILES string of the molecule is COc1ccc(NC(C)=O)cc1NC(=O)[C@@H](c1ccc(Cl)cc1)C(C)C. The van der Waals surface area contributed by atoms with Crippen molar-refractivity contribution in [2.45, 2.75) is 26.7 Å². The number of benzene rings is 2. The number of ether oxygens (including phenoxy) is 1. The minimum Gasteiger partial charge on any atom is -0.495 e. The molecule has 138 valence electrons. The van der Waals surface area contributed by atoms with Crippen molar-refractivity contribution < 1.29 is 14.3 Å². The van der Waals surface area contributed by atoms with E-state index in [1.54, 1.807) is 30.3 Å². The highest BCUT2D eigenvalue weighted by Crippen LogP contribution is 2.32. The third kappa shape index (κ3) is 4.99. The quantitative estimate of drug-likeness (QED) is 0.771. The first-order valence-corrected chi connectivity index (χ1v) is 8.71. The Morgan fingerprint density at radius 2 is 1.69 bits per heavy atom. The molecule has 2 rings (SSSR count). The van der Waals surface area contributed by atoms with E-state index < -0.39 is 0 Å². The molecule has 0 aliphatic rings. The largest absolute Gasteiger partial charge is 0.495 e. The Bertz CT molecular complexity index is 788. The van der Waals surface area contributed by atoms with Crippen LogP contribution < -0.4 is 15.4 Å². The van der Waals surface area contributed by atoms with Gasteiger partial charge in [0.2, 0.25) is 11.8 Å². The summed E-state index contributed by atoms with van der Waals surface area (Å²) >= 11 is 5.95. The fourth-order valence-corrected chi connectivity index (χ4v) is 2.93. The lowest BCUT2D eigenvalue weighted by Gasteiger charge is -2.22. The van der Waals surface area contributed by atoms with Crippen LogP contribution >= 0.6 is 11.6 Å². The Balaban J connectivity index is 2.30. The summed E-state index contributed by atoms with van der Waals surface area (Å²) in [6, 6.07) is 12.4. The number of methoxy groups -OCH3 is 1. The molecule has 0 bridgehead atoms. The van der Waals surface area contributed by atoms with Gasteiger partial charge in [-0.15, -0.1) is 0 Å². The molecule has 2 amide bonds. The minimum absolute atomic E-state index is 0.0840.